The molecule has 66 valence electrons. The summed E-state index contributed by atoms with van der Waals surface area (Å²) in [6.07, 6.45) is 0.236. The van der Waals surface area contributed by atoms with Crippen LogP contribution in [-0.2, 0) is 9.47 Å². The highest BCUT2D eigenvalue weighted by Crippen LogP contribution is 2.05. The fourth-order valence-corrected chi connectivity index (χ4v) is 0.791. The Morgan fingerprint density at radius 3 is 2.91 bits per heavy atom. The molecule has 0 aromatic heterocycles. The van der Waals surface area contributed by atoms with Crippen LogP contribution in [0.4, 0.5) is 0 Å². The maximum absolute atomic E-state index is 9.13. The normalized spacial score (nSPS) is 21.3. The molecule has 1 saturated heterocycles. The van der Waals surface area contributed by atoms with E-state index in [1.54, 1.807) is 0 Å². The van der Waals surface area contributed by atoms with E-state index in [0.29, 0.717) is 13.2 Å². The van der Waals surface area contributed by atoms with E-state index in [1.165, 1.54) is 0 Å². The van der Waals surface area contributed by atoms with Gasteiger partial charge >= 0.3 is 0 Å². The Balaban J connectivity index is 1.95. The lowest BCUT2D eigenvalue weighted by Gasteiger charge is -2.28. The summed E-state index contributed by atoms with van der Waals surface area (Å²) < 4.78 is 9.98. The number of hydrogen-bond donors (Lipinski definition) is 2. The molecule has 1 heterocycles. The summed E-state index contributed by atoms with van der Waals surface area (Å²) in [6.45, 7) is 4.01. The lowest BCUT2D eigenvalue weighted by Crippen LogP contribution is -2.44. The van der Waals surface area contributed by atoms with E-state index in [4.69, 9.17) is 14.6 Å². The number of aliphatic hydroxyl groups is 1. The van der Waals surface area contributed by atoms with Crippen molar-refractivity contribution >= 4 is 0 Å². The first-order chi connectivity index (χ1) is 5.33. The number of hydrogen-bond acceptors (Lipinski definition) is 4. The standard InChI is InChI=1S/C7H15NO3/c1-2-3-8-7(9)11-6-4-10-5-6/h6-9H,2-5H2,1H3. The largest absolute Gasteiger partial charge is 0.376 e. The Labute approximate surface area is 66.5 Å². The molecule has 1 rings (SSSR count). The summed E-state index contributed by atoms with van der Waals surface area (Å²) in [4.78, 5) is 0. The second-order valence-electron chi connectivity index (χ2n) is 2.60. The minimum Gasteiger partial charge on any atom is -0.376 e. The van der Waals surface area contributed by atoms with Crippen LogP contribution >= 0.6 is 0 Å². The molecule has 1 fully saturated rings. The van der Waals surface area contributed by atoms with Crippen LogP contribution in [0.3, 0.4) is 0 Å². The van der Waals surface area contributed by atoms with Gasteiger partial charge in [-0.15, -0.1) is 0 Å². The lowest BCUT2D eigenvalue weighted by molar-refractivity contribution is -0.220. The van der Waals surface area contributed by atoms with E-state index in [0.717, 1.165) is 13.0 Å². The predicted molar refractivity (Wildman–Crippen MR) is 40.0 cm³/mol. The highest BCUT2D eigenvalue weighted by atomic mass is 16.7. The summed E-state index contributed by atoms with van der Waals surface area (Å²) in [5.41, 5.74) is 0. The van der Waals surface area contributed by atoms with Gasteiger partial charge in [-0.1, -0.05) is 6.92 Å². The number of aliphatic hydroxyl groups excluding tert-OH is 1. The van der Waals surface area contributed by atoms with Gasteiger partial charge in [-0.05, 0) is 13.0 Å². The minimum atomic E-state index is -0.830. The molecule has 0 spiro atoms. The van der Waals surface area contributed by atoms with Gasteiger partial charge in [0.2, 0.25) is 6.41 Å². The molecule has 0 aliphatic carbocycles. The topological polar surface area (TPSA) is 50.7 Å². The lowest BCUT2D eigenvalue weighted by atomic mass is 10.3. The maximum Gasteiger partial charge on any atom is 0.213 e. The monoisotopic (exact) mass is 161 g/mol. The van der Waals surface area contributed by atoms with Crippen molar-refractivity contribution in [1.82, 2.24) is 5.32 Å². The highest BCUT2D eigenvalue weighted by Gasteiger charge is 2.21. The molecule has 2 N–H and O–H groups in total. The highest BCUT2D eigenvalue weighted by molar-refractivity contribution is 4.64. The van der Waals surface area contributed by atoms with Gasteiger partial charge in [0.15, 0.2) is 0 Å². The minimum absolute atomic E-state index is 0.0781. The fourth-order valence-electron chi connectivity index (χ4n) is 0.791. The van der Waals surface area contributed by atoms with Gasteiger partial charge in [-0.3, -0.25) is 5.32 Å². The van der Waals surface area contributed by atoms with Crippen LogP contribution in [-0.4, -0.2) is 37.4 Å². The van der Waals surface area contributed by atoms with Gasteiger partial charge in [0.05, 0.1) is 13.2 Å². The van der Waals surface area contributed by atoms with Crippen LogP contribution < -0.4 is 5.32 Å². The smallest absolute Gasteiger partial charge is 0.213 e. The summed E-state index contributed by atoms with van der Waals surface area (Å²) in [5.74, 6) is 0. The molecule has 4 heteroatoms. The Morgan fingerprint density at radius 2 is 2.45 bits per heavy atom. The van der Waals surface area contributed by atoms with Gasteiger partial charge in [-0.25, -0.2) is 0 Å². The van der Waals surface area contributed by atoms with Gasteiger partial charge in [-0.2, -0.15) is 0 Å². The third-order valence-electron chi connectivity index (χ3n) is 1.50. The molecule has 1 unspecified atom stereocenters. The Kier molecular flexibility index (Phi) is 3.79. The molecular formula is C7H15NO3. The first-order valence-corrected chi connectivity index (χ1v) is 3.97. The fraction of sp³-hybridized carbons (Fsp3) is 1.00. The average molecular weight is 161 g/mol. The van der Waals surface area contributed by atoms with Crippen LogP contribution in [0.5, 0.6) is 0 Å². The van der Waals surface area contributed by atoms with Crippen LogP contribution in [0.15, 0.2) is 0 Å². The summed E-state index contributed by atoms with van der Waals surface area (Å²) >= 11 is 0. The van der Waals surface area contributed by atoms with Crippen molar-refractivity contribution in [2.45, 2.75) is 25.9 Å². The van der Waals surface area contributed by atoms with Crippen molar-refractivity contribution in [3.63, 3.8) is 0 Å². The molecule has 0 amide bonds. The third-order valence-corrected chi connectivity index (χ3v) is 1.50. The summed E-state index contributed by atoms with van der Waals surface area (Å²) in [7, 11) is 0. The zero-order chi connectivity index (χ0) is 8.10. The van der Waals surface area contributed by atoms with Crippen LogP contribution in [0.2, 0.25) is 0 Å². The number of ether oxygens (including phenoxy) is 2. The van der Waals surface area contributed by atoms with E-state index in [2.05, 4.69) is 5.32 Å². The molecule has 1 aliphatic rings. The van der Waals surface area contributed by atoms with Crippen LogP contribution in [0.1, 0.15) is 13.3 Å². The van der Waals surface area contributed by atoms with Gasteiger partial charge in [0, 0.05) is 0 Å². The van der Waals surface area contributed by atoms with E-state index in [9.17, 15) is 0 Å². The van der Waals surface area contributed by atoms with Crippen molar-refractivity contribution < 1.29 is 14.6 Å². The third kappa shape index (κ3) is 3.16. The zero-order valence-electron chi connectivity index (χ0n) is 6.75. The number of rotatable bonds is 5. The molecule has 0 aromatic carbocycles. The van der Waals surface area contributed by atoms with Crippen molar-refractivity contribution in [3.8, 4) is 0 Å². The average Bonchev–Trinajstić information content (AvgIpc) is 1.93. The maximum atomic E-state index is 9.13. The molecule has 0 saturated carbocycles. The summed E-state index contributed by atoms with van der Waals surface area (Å²) in [6, 6.07) is 0. The van der Waals surface area contributed by atoms with Gasteiger partial charge in [0.1, 0.15) is 6.10 Å². The van der Waals surface area contributed by atoms with E-state index in [-0.39, 0.29) is 6.10 Å². The van der Waals surface area contributed by atoms with E-state index >= 15 is 0 Å². The molecule has 1 aliphatic heterocycles. The van der Waals surface area contributed by atoms with Crippen molar-refractivity contribution in [3.05, 3.63) is 0 Å². The van der Waals surface area contributed by atoms with Crippen molar-refractivity contribution in [1.29, 1.82) is 0 Å². The Morgan fingerprint density at radius 1 is 1.73 bits per heavy atom. The van der Waals surface area contributed by atoms with E-state index in [1.807, 2.05) is 6.92 Å². The molecule has 0 bridgehead atoms. The molecular weight excluding hydrogens is 146 g/mol. The predicted octanol–water partition coefficient (Wildman–Crippen LogP) is -0.323. The number of nitrogens with one attached hydrogen (secondary N) is 1. The van der Waals surface area contributed by atoms with Crippen molar-refractivity contribution in [2.75, 3.05) is 19.8 Å². The van der Waals surface area contributed by atoms with Gasteiger partial charge < -0.3 is 14.6 Å². The van der Waals surface area contributed by atoms with Crippen LogP contribution in [0, 0.1) is 0 Å². The Hall–Kier alpha value is -0.160. The molecule has 4 nitrogen and oxygen atoms in total. The van der Waals surface area contributed by atoms with Gasteiger partial charge in [0.25, 0.3) is 0 Å². The summed E-state index contributed by atoms with van der Waals surface area (Å²) in [5, 5.41) is 11.9. The first kappa shape index (κ1) is 8.93. The molecule has 0 aromatic rings. The molecule has 11 heavy (non-hydrogen) atoms. The van der Waals surface area contributed by atoms with E-state index < -0.39 is 6.41 Å². The van der Waals surface area contributed by atoms with Crippen molar-refractivity contribution in [2.24, 2.45) is 0 Å². The Bertz CT molecular complexity index is 106. The second-order valence-corrected chi connectivity index (χ2v) is 2.60. The SMILES string of the molecule is CCCNC(O)OC1COC1. The van der Waals surface area contributed by atoms with Crippen LogP contribution in [0.25, 0.3) is 0 Å². The second kappa shape index (κ2) is 4.66. The quantitative estimate of drug-likeness (QED) is 0.542. The first-order valence-electron chi connectivity index (χ1n) is 3.97. The zero-order valence-corrected chi connectivity index (χ0v) is 6.75. The molecule has 0 radical (unpaired) electrons. The molecule has 1 atom stereocenters.